The second-order valence-corrected chi connectivity index (χ2v) is 3.68. The number of hydrogen-bond acceptors (Lipinski definition) is 5. The normalized spacial score (nSPS) is 16.5. The zero-order chi connectivity index (χ0) is 11.7. The van der Waals surface area contributed by atoms with E-state index in [2.05, 4.69) is 5.10 Å². The van der Waals surface area contributed by atoms with Crippen LogP contribution in [0.3, 0.4) is 0 Å². The van der Waals surface area contributed by atoms with Gasteiger partial charge in [0.1, 0.15) is 18.3 Å². The number of nitrogens with zero attached hydrogens (tertiary/aromatic N) is 4. The quantitative estimate of drug-likeness (QED) is 0.567. The lowest BCUT2D eigenvalue weighted by Crippen LogP contribution is -2.04. The summed E-state index contributed by atoms with van der Waals surface area (Å²) in [5.74, 6) is 0.00889. The molecule has 1 aliphatic carbocycles. The molecule has 16 heavy (non-hydrogen) atoms. The van der Waals surface area contributed by atoms with Crippen LogP contribution in [-0.2, 0) is 0 Å². The highest BCUT2D eigenvalue weighted by atomic mass is 16.6. The number of hydrogen-bond donors (Lipinski definition) is 0. The Morgan fingerprint density at radius 1 is 1.81 bits per heavy atom. The van der Waals surface area contributed by atoms with Crippen LogP contribution in [0.4, 0.5) is 5.69 Å². The zero-order valence-electron chi connectivity index (χ0n) is 8.66. The Hall–Kier alpha value is -2.10. The molecular formula is C9H10N4O3. The van der Waals surface area contributed by atoms with Gasteiger partial charge in [-0.05, 0) is 19.8 Å². The van der Waals surface area contributed by atoms with E-state index in [1.54, 1.807) is 6.92 Å². The molecule has 1 fully saturated rings. The van der Waals surface area contributed by atoms with E-state index in [0.29, 0.717) is 0 Å². The van der Waals surface area contributed by atoms with Crippen LogP contribution in [-0.4, -0.2) is 20.8 Å². The highest BCUT2D eigenvalue weighted by Crippen LogP contribution is 2.32. The van der Waals surface area contributed by atoms with E-state index in [1.807, 2.05) is 6.07 Å². The van der Waals surface area contributed by atoms with Crippen molar-refractivity contribution in [2.45, 2.75) is 31.9 Å². The van der Waals surface area contributed by atoms with Gasteiger partial charge in [-0.2, -0.15) is 5.26 Å². The molecule has 84 valence electrons. The van der Waals surface area contributed by atoms with Crippen molar-refractivity contribution < 1.29 is 9.66 Å². The van der Waals surface area contributed by atoms with Crippen molar-refractivity contribution in [2.24, 2.45) is 0 Å². The second-order valence-electron chi connectivity index (χ2n) is 3.68. The van der Waals surface area contributed by atoms with E-state index >= 15 is 0 Å². The fraction of sp³-hybridized carbons (Fsp3) is 0.556. The molecular weight excluding hydrogens is 212 g/mol. The average Bonchev–Trinajstić information content (AvgIpc) is 2.94. The Kier molecular flexibility index (Phi) is 2.48. The van der Waals surface area contributed by atoms with Gasteiger partial charge < -0.3 is 4.74 Å². The van der Waals surface area contributed by atoms with Gasteiger partial charge in [-0.3, -0.25) is 10.1 Å². The summed E-state index contributed by atoms with van der Waals surface area (Å²) in [5, 5.41) is 23.3. The summed E-state index contributed by atoms with van der Waals surface area (Å²) >= 11 is 0. The highest BCUT2D eigenvalue weighted by Gasteiger charge is 2.30. The van der Waals surface area contributed by atoms with Crippen LogP contribution in [0.1, 0.15) is 25.8 Å². The summed E-state index contributed by atoms with van der Waals surface area (Å²) in [6, 6.07) is 1.41. The number of ether oxygens (including phenoxy) is 1. The van der Waals surface area contributed by atoms with Crippen LogP contribution in [0.25, 0.3) is 0 Å². The minimum atomic E-state index is -0.550. The molecule has 0 spiro atoms. The van der Waals surface area contributed by atoms with Crippen LogP contribution >= 0.6 is 0 Å². The van der Waals surface area contributed by atoms with Crippen LogP contribution in [0.15, 0.2) is 6.20 Å². The molecule has 0 bridgehead atoms. The molecule has 0 unspecified atom stereocenters. The van der Waals surface area contributed by atoms with Crippen molar-refractivity contribution in [3.63, 3.8) is 0 Å². The molecule has 1 atom stereocenters. The summed E-state index contributed by atoms with van der Waals surface area (Å²) in [5.41, 5.74) is -0.186. The molecule has 0 amide bonds. The SMILES string of the molecule is C[C@@H](C#N)n1cc([N+](=O)[O-])c(OC2CC2)n1. The van der Waals surface area contributed by atoms with Crippen molar-refractivity contribution >= 4 is 5.69 Å². The van der Waals surface area contributed by atoms with Gasteiger partial charge >= 0.3 is 11.6 Å². The number of nitro groups is 1. The van der Waals surface area contributed by atoms with Gasteiger partial charge in [0.15, 0.2) is 0 Å². The van der Waals surface area contributed by atoms with Gasteiger partial charge in [0, 0.05) is 0 Å². The molecule has 1 aromatic heterocycles. The number of nitriles is 1. The van der Waals surface area contributed by atoms with E-state index in [1.165, 1.54) is 10.9 Å². The molecule has 0 aromatic carbocycles. The molecule has 1 aliphatic rings. The first-order valence-corrected chi connectivity index (χ1v) is 4.91. The molecule has 7 nitrogen and oxygen atoms in total. The smallest absolute Gasteiger partial charge is 0.350 e. The zero-order valence-corrected chi connectivity index (χ0v) is 8.66. The van der Waals surface area contributed by atoms with Gasteiger partial charge in [-0.25, -0.2) is 4.68 Å². The Balaban J connectivity index is 2.29. The summed E-state index contributed by atoms with van der Waals surface area (Å²) in [6.45, 7) is 1.61. The first kappa shape index (κ1) is 10.4. The molecule has 0 saturated heterocycles. The number of aromatic nitrogens is 2. The van der Waals surface area contributed by atoms with Gasteiger partial charge in [0.05, 0.1) is 11.0 Å². The van der Waals surface area contributed by atoms with Crippen LogP contribution in [0.5, 0.6) is 5.88 Å². The maximum absolute atomic E-state index is 10.7. The third-order valence-electron chi connectivity index (χ3n) is 2.26. The fourth-order valence-electron chi connectivity index (χ4n) is 1.18. The van der Waals surface area contributed by atoms with Gasteiger partial charge in [-0.1, -0.05) is 0 Å². The molecule has 0 aliphatic heterocycles. The van der Waals surface area contributed by atoms with Crippen LogP contribution < -0.4 is 4.74 Å². The van der Waals surface area contributed by atoms with Crippen LogP contribution in [0, 0.1) is 21.4 Å². The van der Waals surface area contributed by atoms with Crippen molar-refractivity contribution in [1.82, 2.24) is 9.78 Å². The molecule has 2 rings (SSSR count). The van der Waals surface area contributed by atoms with E-state index in [4.69, 9.17) is 10.00 Å². The van der Waals surface area contributed by atoms with Crippen molar-refractivity contribution in [2.75, 3.05) is 0 Å². The van der Waals surface area contributed by atoms with Crippen molar-refractivity contribution in [3.8, 4) is 11.9 Å². The third-order valence-corrected chi connectivity index (χ3v) is 2.26. The molecule has 1 saturated carbocycles. The Morgan fingerprint density at radius 3 is 3.00 bits per heavy atom. The molecule has 1 aromatic rings. The molecule has 0 N–H and O–H groups in total. The summed E-state index contributed by atoms with van der Waals surface area (Å²) in [4.78, 5) is 10.2. The lowest BCUT2D eigenvalue weighted by atomic mass is 10.4. The maximum Gasteiger partial charge on any atom is 0.350 e. The third kappa shape index (κ3) is 1.95. The summed E-state index contributed by atoms with van der Waals surface area (Å²) in [7, 11) is 0. The molecule has 7 heteroatoms. The Bertz CT molecular complexity index is 458. The first-order chi connectivity index (χ1) is 7.61. The topological polar surface area (TPSA) is 94.0 Å². The van der Waals surface area contributed by atoms with Crippen molar-refractivity contribution in [1.29, 1.82) is 5.26 Å². The van der Waals surface area contributed by atoms with E-state index in [0.717, 1.165) is 12.8 Å². The van der Waals surface area contributed by atoms with Crippen LogP contribution in [0.2, 0.25) is 0 Å². The first-order valence-electron chi connectivity index (χ1n) is 4.91. The lowest BCUT2D eigenvalue weighted by molar-refractivity contribution is -0.386. The van der Waals surface area contributed by atoms with Gasteiger partial charge in [-0.15, -0.1) is 5.10 Å². The van der Waals surface area contributed by atoms with E-state index in [-0.39, 0.29) is 17.7 Å². The predicted molar refractivity (Wildman–Crippen MR) is 52.9 cm³/mol. The average molecular weight is 222 g/mol. The summed E-state index contributed by atoms with van der Waals surface area (Å²) in [6.07, 6.45) is 3.07. The largest absolute Gasteiger partial charge is 0.468 e. The van der Waals surface area contributed by atoms with E-state index in [9.17, 15) is 10.1 Å². The molecule has 0 radical (unpaired) electrons. The lowest BCUT2D eigenvalue weighted by Gasteiger charge is -2.00. The van der Waals surface area contributed by atoms with Gasteiger partial charge in [0.25, 0.3) is 0 Å². The Labute approximate surface area is 91.4 Å². The molecule has 1 heterocycles. The maximum atomic E-state index is 10.7. The minimum Gasteiger partial charge on any atom is -0.468 e. The Morgan fingerprint density at radius 2 is 2.50 bits per heavy atom. The monoisotopic (exact) mass is 222 g/mol. The van der Waals surface area contributed by atoms with E-state index < -0.39 is 11.0 Å². The minimum absolute atomic E-state index is 0.00889. The second kappa shape index (κ2) is 3.81. The highest BCUT2D eigenvalue weighted by molar-refractivity contribution is 5.39. The van der Waals surface area contributed by atoms with Gasteiger partial charge in [0.2, 0.25) is 0 Å². The fourth-order valence-corrected chi connectivity index (χ4v) is 1.18. The summed E-state index contributed by atoms with van der Waals surface area (Å²) < 4.78 is 6.56. The number of rotatable bonds is 4. The van der Waals surface area contributed by atoms with Crippen molar-refractivity contribution in [3.05, 3.63) is 16.3 Å². The standard InChI is InChI=1S/C9H10N4O3/c1-6(4-10)12-5-8(13(14)15)9(11-12)16-7-2-3-7/h5-7H,2-3H2,1H3/t6-/m0/s1. The predicted octanol–water partition coefficient (Wildman–Crippen LogP) is 1.42.